The van der Waals surface area contributed by atoms with E-state index in [0.29, 0.717) is 0 Å². The van der Waals surface area contributed by atoms with Gasteiger partial charge in [0.2, 0.25) is 0 Å². The summed E-state index contributed by atoms with van der Waals surface area (Å²) < 4.78 is 12.8. The van der Waals surface area contributed by atoms with Gasteiger partial charge in [-0.2, -0.15) is 0 Å². The number of halogens is 1. The van der Waals surface area contributed by atoms with E-state index in [9.17, 15) is 4.39 Å². The Morgan fingerprint density at radius 3 is 3.00 bits per heavy atom. The maximum absolute atomic E-state index is 12.8. The highest BCUT2D eigenvalue weighted by molar-refractivity contribution is 7.09. The van der Waals surface area contributed by atoms with Gasteiger partial charge in [-0.1, -0.05) is 0 Å². The molecule has 2 aromatic rings. The van der Waals surface area contributed by atoms with Crippen molar-refractivity contribution in [1.29, 1.82) is 0 Å². The normalized spacial score (nSPS) is 10.3. The first kappa shape index (κ1) is 10.1. The zero-order chi connectivity index (χ0) is 10.7. The van der Waals surface area contributed by atoms with Crippen LogP contribution in [-0.4, -0.2) is 4.98 Å². The SMILES string of the molecule is Cc1cc(F)ccc1NCc1cncs1. The minimum atomic E-state index is -0.198. The molecule has 0 unspecified atom stereocenters. The highest BCUT2D eigenvalue weighted by Gasteiger charge is 2.00. The molecule has 0 amide bonds. The summed E-state index contributed by atoms with van der Waals surface area (Å²) in [5.41, 5.74) is 3.68. The molecule has 0 aliphatic rings. The molecule has 1 aromatic heterocycles. The van der Waals surface area contributed by atoms with Gasteiger partial charge in [0.05, 0.1) is 12.1 Å². The van der Waals surface area contributed by atoms with Crippen LogP contribution in [0.1, 0.15) is 10.4 Å². The molecule has 78 valence electrons. The Hall–Kier alpha value is -1.42. The summed E-state index contributed by atoms with van der Waals surface area (Å²) in [6.45, 7) is 2.62. The van der Waals surface area contributed by atoms with Crippen LogP contribution in [0, 0.1) is 12.7 Å². The second-order valence-corrected chi connectivity index (χ2v) is 4.25. The largest absolute Gasteiger partial charge is 0.380 e. The molecule has 0 aliphatic heterocycles. The summed E-state index contributed by atoms with van der Waals surface area (Å²) >= 11 is 1.60. The van der Waals surface area contributed by atoms with Crippen molar-refractivity contribution in [3.8, 4) is 0 Å². The van der Waals surface area contributed by atoms with E-state index < -0.39 is 0 Å². The number of nitrogens with one attached hydrogen (secondary N) is 1. The van der Waals surface area contributed by atoms with E-state index >= 15 is 0 Å². The molecule has 2 rings (SSSR count). The lowest BCUT2D eigenvalue weighted by Crippen LogP contribution is -1.99. The van der Waals surface area contributed by atoms with Crippen LogP contribution in [0.2, 0.25) is 0 Å². The number of aromatic nitrogens is 1. The van der Waals surface area contributed by atoms with Gasteiger partial charge in [0.1, 0.15) is 5.82 Å². The van der Waals surface area contributed by atoms with Crippen molar-refractivity contribution in [2.45, 2.75) is 13.5 Å². The Balaban J connectivity index is 2.05. The van der Waals surface area contributed by atoms with Gasteiger partial charge in [0, 0.05) is 16.8 Å². The van der Waals surface area contributed by atoms with Crippen LogP contribution in [0.5, 0.6) is 0 Å². The van der Waals surface area contributed by atoms with Gasteiger partial charge in [-0.25, -0.2) is 4.39 Å². The lowest BCUT2D eigenvalue weighted by Gasteiger charge is -2.07. The lowest BCUT2D eigenvalue weighted by atomic mass is 10.2. The molecule has 2 nitrogen and oxygen atoms in total. The highest BCUT2D eigenvalue weighted by atomic mass is 32.1. The van der Waals surface area contributed by atoms with E-state index in [1.807, 2.05) is 13.1 Å². The minimum Gasteiger partial charge on any atom is -0.380 e. The maximum atomic E-state index is 12.8. The van der Waals surface area contributed by atoms with Crippen LogP contribution >= 0.6 is 11.3 Å². The van der Waals surface area contributed by atoms with Crippen molar-refractivity contribution < 1.29 is 4.39 Å². The topological polar surface area (TPSA) is 24.9 Å². The fraction of sp³-hybridized carbons (Fsp3) is 0.182. The first-order valence-corrected chi connectivity index (χ1v) is 5.51. The van der Waals surface area contributed by atoms with Gasteiger partial charge in [-0.3, -0.25) is 4.98 Å². The third kappa shape index (κ3) is 2.53. The van der Waals surface area contributed by atoms with E-state index in [2.05, 4.69) is 10.3 Å². The third-order valence-electron chi connectivity index (χ3n) is 2.12. The lowest BCUT2D eigenvalue weighted by molar-refractivity contribution is 0.627. The van der Waals surface area contributed by atoms with Gasteiger partial charge in [0.25, 0.3) is 0 Å². The monoisotopic (exact) mass is 222 g/mol. The molecule has 1 N–H and O–H groups in total. The van der Waals surface area contributed by atoms with Crippen LogP contribution in [0.25, 0.3) is 0 Å². The Labute approximate surface area is 91.8 Å². The average Bonchev–Trinajstić information content (AvgIpc) is 2.69. The summed E-state index contributed by atoms with van der Waals surface area (Å²) in [6, 6.07) is 4.74. The molecule has 0 radical (unpaired) electrons. The Morgan fingerprint density at radius 1 is 1.47 bits per heavy atom. The molecule has 0 fully saturated rings. The summed E-state index contributed by atoms with van der Waals surface area (Å²) in [6.07, 6.45) is 1.83. The number of hydrogen-bond donors (Lipinski definition) is 1. The van der Waals surface area contributed by atoms with Crippen molar-refractivity contribution in [2.75, 3.05) is 5.32 Å². The summed E-state index contributed by atoms with van der Waals surface area (Å²) in [5.74, 6) is -0.198. The van der Waals surface area contributed by atoms with Crippen molar-refractivity contribution in [3.05, 3.63) is 46.2 Å². The number of rotatable bonds is 3. The number of benzene rings is 1. The second kappa shape index (κ2) is 4.40. The molecular weight excluding hydrogens is 211 g/mol. The number of anilines is 1. The molecule has 0 saturated carbocycles. The Bertz CT molecular complexity index is 440. The minimum absolute atomic E-state index is 0.198. The van der Waals surface area contributed by atoms with E-state index in [1.165, 1.54) is 17.0 Å². The van der Waals surface area contributed by atoms with Crippen molar-refractivity contribution in [2.24, 2.45) is 0 Å². The van der Waals surface area contributed by atoms with Crippen LogP contribution in [0.4, 0.5) is 10.1 Å². The van der Waals surface area contributed by atoms with E-state index in [4.69, 9.17) is 0 Å². The molecule has 0 spiro atoms. The van der Waals surface area contributed by atoms with Crippen molar-refractivity contribution in [3.63, 3.8) is 0 Å². The van der Waals surface area contributed by atoms with Crippen LogP contribution in [0.15, 0.2) is 29.9 Å². The van der Waals surface area contributed by atoms with Gasteiger partial charge in [-0.05, 0) is 30.7 Å². The number of hydrogen-bond acceptors (Lipinski definition) is 3. The smallest absolute Gasteiger partial charge is 0.123 e. The summed E-state index contributed by atoms with van der Waals surface area (Å²) in [7, 11) is 0. The number of aryl methyl sites for hydroxylation is 1. The quantitative estimate of drug-likeness (QED) is 0.862. The first-order chi connectivity index (χ1) is 7.25. The molecule has 0 atom stereocenters. The zero-order valence-electron chi connectivity index (χ0n) is 8.33. The molecule has 0 bridgehead atoms. The first-order valence-electron chi connectivity index (χ1n) is 4.63. The van der Waals surface area contributed by atoms with Gasteiger partial charge < -0.3 is 5.32 Å². The molecular formula is C11H11FN2S. The Kier molecular flexibility index (Phi) is 2.97. The Morgan fingerprint density at radius 2 is 2.33 bits per heavy atom. The van der Waals surface area contributed by atoms with Crippen LogP contribution < -0.4 is 5.32 Å². The van der Waals surface area contributed by atoms with E-state index in [-0.39, 0.29) is 5.82 Å². The van der Waals surface area contributed by atoms with E-state index in [0.717, 1.165) is 17.8 Å². The molecule has 0 aliphatic carbocycles. The number of thiazole rings is 1. The summed E-state index contributed by atoms with van der Waals surface area (Å²) in [5, 5.41) is 3.25. The van der Waals surface area contributed by atoms with Crippen LogP contribution in [0.3, 0.4) is 0 Å². The molecule has 15 heavy (non-hydrogen) atoms. The zero-order valence-corrected chi connectivity index (χ0v) is 9.14. The predicted octanol–water partition coefficient (Wildman–Crippen LogP) is 3.20. The summed E-state index contributed by atoms with van der Waals surface area (Å²) in [4.78, 5) is 5.16. The highest BCUT2D eigenvalue weighted by Crippen LogP contribution is 2.17. The van der Waals surface area contributed by atoms with Gasteiger partial charge in [0.15, 0.2) is 0 Å². The van der Waals surface area contributed by atoms with Crippen molar-refractivity contribution >= 4 is 17.0 Å². The van der Waals surface area contributed by atoms with E-state index in [1.54, 1.807) is 22.9 Å². The second-order valence-electron chi connectivity index (χ2n) is 3.28. The molecule has 0 saturated heterocycles. The molecule has 1 aromatic carbocycles. The predicted molar refractivity (Wildman–Crippen MR) is 60.6 cm³/mol. The van der Waals surface area contributed by atoms with Gasteiger partial charge in [-0.15, -0.1) is 11.3 Å². The fourth-order valence-corrected chi connectivity index (χ4v) is 1.87. The maximum Gasteiger partial charge on any atom is 0.123 e. The fourth-order valence-electron chi connectivity index (χ4n) is 1.34. The third-order valence-corrected chi connectivity index (χ3v) is 2.90. The average molecular weight is 222 g/mol. The number of nitrogens with zero attached hydrogens (tertiary/aromatic N) is 1. The molecule has 1 heterocycles. The standard InChI is InChI=1S/C11H11FN2S/c1-8-4-9(12)2-3-11(8)14-6-10-5-13-7-15-10/h2-5,7,14H,6H2,1H3. The van der Waals surface area contributed by atoms with Crippen molar-refractivity contribution in [1.82, 2.24) is 4.98 Å². The molecule has 4 heteroatoms. The van der Waals surface area contributed by atoms with Gasteiger partial charge >= 0.3 is 0 Å². The van der Waals surface area contributed by atoms with Crippen LogP contribution in [-0.2, 0) is 6.54 Å².